The molecule has 0 fully saturated rings. The minimum absolute atomic E-state index is 0.399. The number of benzene rings is 3. The van der Waals surface area contributed by atoms with Crippen molar-refractivity contribution in [3.05, 3.63) is 71.5 Å². The molecular weight excluding hydrogens is 344 g/mol. The topological polar surface area (TPSA) is 27.1 Å². The first kappa shape index (κ1) is 16.9. The van der Waals surface area contributed by atoms with Crippen LogP contribution in [0.3, 0.4) is 0 Å². The summed E-state index contributed by atoms with van der Waals surface area (Å²) in [4.78, 5) is 4.77. The van der Waals surface area contributed by atoms with E-state index >= 15 is 0 Å². The quantitative estimate of drug-likeness (QED) is 0.406. The van der Waals surface area contributed by atoms with Crippen LogP contribution in [0.2, 0.25) is 5.02 Å². The van der Waals surface area contributed by atoms with Crippen molar-refractivity contribution in [3.63, 3.8) is 0 Å². The van der Waals surface area contributed by atoms with Gasteiger partial charge in [0.1, 0.15) is 18.2 Å². The summed E-state index contributed by atoms with van der Waals surface area (Å²) >= 11 is 6.56. The summed E-state index contributed by atoms with van der Waals surface area (Å²) in [6.45, 7) is 3.54. The van der Waals surface area contributed by atoms with Crippen LogP contribution in [0.5, 0.6) is 5.75 Å². The van der Waals surface area contributed by atoms with Crippen LogP contribution in [0, 0.1) is 0 Å². The predicted octanol–water partition coefficient (Wildman–Crippen LogP) is 6.22. The molecule has 0 N–H and O–H groups in total. The van der Waals surface area contributed by atoms with E-state index in [9.17, 15) is 0 Å². The summed E-state index contributed by atoms with van der Waals surface area (Å²) < 4.78 is 8.32. The number of hydrogen-bond acceptors (Lipinski definition) is 2. The third-order valence-electron chi connectivity index (χ3n) is 4.65. The fourth-order valence-corrected chi connectivity index (χ4v) is 3.56. The van der Waals surface area contributed by atoms with Crippen molar-refractivity contribution in [2.75, 3.05) is 0 Å². The Hall–Kier alpha value is -2.52. The van der Waals surface area contributed by atoms with Crippen molar-refractivity contribution >= 4 is 33.4 Å². The maximum atomic E-state index is 6.56. The van der Waals surface area contributed by atoms with E-state index in [0.29, 0.717) is 17.4 Å². The first-order valence-corrected chi connectivity index (χ1v) is 9.40. The average Bonchev–Trinajstić information content (AvgIpc) is 3.03. The molecule has 3 nitrogen and oxygen atoms in total. The molecule has 26 heavy (non-hydrogen) atoms. The van der Waals surface area contributed by atoms with Crippen LogP contribution in [0.1, 0.15) is 25.6 Å². The van der Waals surface area contributed by atoms with Crippen LogP contribution >= 0.6 is 11.6 Å². The summed E-state index contributed by atoms with van der Waals surface area (Å²) in [5.41, 5.74) is 2.16. The molecule has 0 amide bonds. The molecule has 132 valence electrons. The standard InChI is InChI=1S/C22H21ClN2O/c1-2-3-14-25-19-11-7-6-10-18(19)24-21(25)15-26-20-13-12-16-8-4-5-9-17(16)22(20)23/h4-13H,2-3,14-15H2,1H3. The van der Waals surface area contributed by atoms with E-state index in [2.05, 4.69) is 29.7 Å². The van der Waals surface area contributed by atoms with Crippen molar-refractivity contribution in [2.45, 2.75) is 32.9 Å². The van der Waals surface area contributed by atoms with E-state index < -0.39 is 0 Å². The summed E-state index contributed by atoms with van der Waals surface area (Å²) in [6, 6.07) is 20.3. The number of rotatable bonds is 6. The number of para-hydroxylation sites is 2. The Kier molecular flexibility index (Phi) is 4.81. The summed E-state index contributed by atoms with van der Waals surface area (Å²) in [6.07, 6.45) is 2.26. The fraction of sp³-hybridized carbons (Fsp3) is 0.227. The Bertz CT molecular complexity index is 1050. The lowest BCUT2D eigenvalue weighted by molar-refractivity contribution is 0.290. The first-order chi connectivity index (χ1) is 12.8. The van der Waals surface area contributed by atoms with Crippen LogP contribution in [0.4, 0.5) is 0 Å². The number of imidazole rings is 1. The second kappa shape index (κ2) is 7.38. The molecule has 4 heteroatoms. The number of ether oxygens (including phenoxy) is 1. The van der Waals surface area contributed by atoms with Gasteiger partial charge in [0, 0.05) is 11.9 Å². The zero-order valence-corrected chi connectivity index (χ0v) is 15.5. The molecular formula is C22H21ClN2O. The normalized spacial score (nSPS) is 11.3. The summed E-state index contributed by atoms with van der Waals surface area (Å²) in [5.74, 6) is 1.63. The summed E-state index contributed by atoms with van der Waals surface area (Å²) in [7, 11) is 0. The number of unbranched alkanes of at least 4 members (excludes halogenated alkanes) is 1. The van der Waals surface area contributed by atoms with Gasteiger partial charge in [-0.15, -0.1) is 0 Å². The van der Waals surface area contributed by atoms with Crippen molar-refractivity contribution in [1.82, 2.24) is 9.55 Å². The Morgan fingerprint density at radius 3 is 2.69 bits per heavy atom. The Balaban J connectivity index is 1.64. The largest absolute Gasteiger partial charge is 0.484 e. The highest BCUT2D eigenvalue weighted by atomic mass is 35.5. The lowest BCUT2D eigenvalue weighted by Crippen LogP contribution is -2.07. The molecule has 0 saturated heterocycles. The third kappa shape index (κ3) is 3.15. The van der Waals surface area contributed by atoms with Gasteiger partial charge in [-0.3, -0.25) is 0 Å². The highest BCUT2D eigenvalue weighted by molar-refractivity contribution is 6.37. The lowest BCUT2D eigenvalue weighted by Gasteiger charge is -2.12. The average molecular weight is 365 g/mol. The van der Waals surface area contributed by atoms with Gasteiger partial charge < -0.3 is 9.30 Å². The number of nitrogens with zero attached hydrogens (tertiary/aromatic N) is 2. The highest BCUT2D eigenvalue weighted by Crippen LogP contribution is 2.33. The molecule has 0 unspecified atom stereocenters. The highest BCUT2D eigenvalue weighted by Gasteiger charge is 2.12. The third-order valence-corrected chi connectivity index (χ3v) is 5.04. The zero-order chi connectivity index (χ0) is 17.9. The Labute approximate surface area is 158 Å². The van der Waals surface area contributed by atoms with Crippen LogP contribution in [0.25, 0.3) is 21.8 Å². The fourth-order valence-electron chi connectivity index (χ4n) is 3.27. The monoisotopic (exact) mass is 364 g/mol. The Morgan fingerprint density at radius 2 is 1.81 bits per heavy atom. The van der Waals surface area contributed by atoms with Gasteiger partial charge in [0.05, 0.1) is 16.1 Å². The minimum Gasteiger partial charge on any atom is -0.484 e. The van der Waals surface area contributed by atoms with Gasteiger partial charge in [0.25, 0.3) is 0 Å². The minimum atomic E-state index is 0.399. The molecule has 0 spiro atoms. The molecule has 4 rings (SSSR count). The number of halogens is 1. The van der Waals surface area contributed by atoms with Crippen molar-refractivity contribution in [1.29, 1.82) is 0 Å². The molecule has 0 atom stereocenters. The van der Waals surface area contributed by atoms with E-state index in [4.69, 9.17) is 21.3 Å². The zero-order valence-electron chi connectivity index (χ0n) is 14.8. The Morgan fingerprint density at radius 1 is 1.00 bits per heavy atom. The van der Waals surface area contributed by atoms with Gasteiger partial charge in [-0.1, -0.05) is 67.4 Å². The molecule has 4 aromatic rings. The molecule has 0 aliphatic carbocycles. The maximum absolute atomic E-state index is 6.56. The van der Waals surface area contributed by atoms with E-state index in [1.54, 1.807) is 0 Å². The maximum Gasteiger partial charge on any atom is 0.147 e. The van der Waals surface area contributed by atoms with Gasteiger partial charge in [-0.05, 0) is 30.0 Å². The molecule has 0 aliphatic heterocycles. The van der Waals surface area contributed by atoms with E-state index in [1.807, 2.05) is 42.5 Å². The second-order valence-corrected chi connectivity index (χ2v) is 6.79. The second-order valence-electron chi connectivity index (χ2n) is 6.41. The molecule has 0 radical (unpaired) electrons. The number of hydrogen-bond donors (Lipinski definition) is 0. The van der Waals surface area contributed by atoms with Gasteiger partial charge in [0.15, 0.2) is 0 Å². The van der Waals surface area contributed by atoms with Gasteiger partial charge in [-0.2, -0.15) is 0 Å². The van der Waals surface area contributed by atoms with Crippen LogP contribution in [0.15, 0.2) is 60.7 Å². The number of aromatic nitrogens is 2. The predicted molar refractivity (Wildman–Crippen MR) is 108 cm³/mol. The molecule has 3 aromatic carbocycles. The van der Waals surface area contributed by atoms with Crippen molar-refractivity contribution in [3.8, 4) is 5.75 Å². The van der Waals surface area contributed by atoms with Gasteiger partial charge >= 0.3 is 0 Å². The molecule has 0 saturated carbocycles. The molecule has 1 aromatic heterocycles. The van der Waals surface area contributed by atoms with Crippen molar-refractivity contribution in [2.24, 2.45) is 0 Å². The van der Waals surface area contributed by atoms with Gasteiger partial charge in [0.2, 0.25) is 0 Å². The smallest absolute Gasteiger partial charge is 0.147 e. The van der Waals surface area contributed by atoms with Crippen molar-refractivity contribution < 1.29 is 4.74 Å². The summed E-state index contributed by atoms with van der Waals surface area (Å²) in [5, 5.41) is 2.77. The number of aryl methyl sites for hydroxylation is 1. The van der Waals surface area contributed by atoms with E-state index in [-0.39, 0.29) is 0 Å². The molecule has 0 bridgehead atoms. The van der Waals surface area contributed by atoms with E-state index in [0.717, 1.165) is 47.0 Å². The van der Waals surface area contributed by atoms with Crippen LogP contribution < -0.4 is 4.74 Å². The van der Waals surface area contributed by atoms with E-state index in [1.165, 1.54) is 0 Å². The van der Waals surface area contributed by atoms with Gasteiger partial charge in [-0.25, -0.2) is 4.98 Å². The van der Waals surface area contributed by atoms with Crippen LogP contribution in [-0.4, -0.2) is 9.55 Å². The first-order valence-electron chi connectivity index (χ1n) is 9.02. The molecule has 1 heterocycles. The lowest BCUT2D eigenvalue weighted by atomic mass is 10.1. The molecule has 0 aliphatic rings. The van der Waals surface area contributed by atoms with Crippen LogP contribution in [-0.2, 0) is 13.2 Å². The number of fused-ring (bicyclic) bond motifs is 2. The SMILES string of the molecule is CCCCn1c(COc2ccc3ccccc3c2Cl)nc2ccccc21.